The van der Waals surface area contributed by atoms with Gasteiger partial charge in [-0.05, 0) is 66.4 Å². The third kappa shape index (κ3) is 4.39. The van der Waals surface area contributed by atoms with Crippen LogP contribution >= 0.6 is 0 Å². The average molecular weight is 431 g/mol. The van der Waals surface area contributed by atoms with E-state index in [-0.39, 0.29) is 23.9 Å². The van der Waals surface area contributed by atoms with Gasteiger partial charge in [0.25, 0.3) is 0 Å². The third-order valence-corrected chi connectivity index (χ3v) is 5.54. The fourth-order valence-electron chi connectivity index (χ4n) is 4.24. The quantitative estimate of drug-likeness (QED) is 0.577. The van der Waals surface area contributed by atoms with E-state index < -0.39 is 0 Å². The molecule has 2 heterocycles. The molecule has 32 heavy (non-hydrogen) atoms. The number of hydrogen-bond donors (Lipinski definition) is 3. The predicted molar refractivity (Wildman–Crippen MR) is 126 cm³/mol. The van der Waals surface area contributed by atoms with Crippen LogP contribution in [0.5, 0.6) is 0 Å². The fraction of sp³-hybridized carbons (Fsp3) is 0.250. The second kappa shape index (κ2) is 8.66. The summed E-state index contributed by atoms with van der Waals surface area (Å²) in [5.74, 6) is 0.867. The van der Waals surface area contributed by atoms with Crippen LogP contribution in [0.25, 0.3) is 11.1 Å². The van der Waals surface area contributed by atoms with E-state index in [0.717, 1.165) is 28.1 Å². The van der Waals surface area contributed by atoms with Crippen molar-refractivity contribution in [2.45, 2.75) is 39.3 Å². The van der Waals surface area contributed by atoms with Gasteiger partial charge in [0.05, 0.1) is 6.04 Å². The van der Waals surface area contributed by atoms with Crippen molar-refractivity contribution >= 4 is 34.8 Å². The van der Waals surface area contributed by atoms with Crippen molar-refractivity contribution in [3.63, 3.8) is 0 Å². The first kappa shape index (κ1) is 21.3. The zero-order chi connectivity index (χ0) is 22.8. The van der Waals surface area contributed by atoms with Crippen LogP contribution in [-0.2, 0) is 9.59 Å². The summed E-state index contributed by atoms with van der Waals surface area (Å²) in [6, 6.07) is 17.2. The maximum atomic E-state index is 12.4. The van der Waals surface area contributed by atoms with E-state index in [4.69, 9.17) is 5.73 Å². The number of carbonyl (C=O) groups excluding carboxylic acids is 2. The lowest BCUT2D eigenvalue weighted by atomic mass is 9.89. The van der Waals surface area contributed by atoms with Crippen LogP contribution in [0.3, 0.4) is 0 Å². The van der Waals surface area contributed by atoms with E-state index >= 15 is 0 Å². The summed E-state index contributed by atoms with van der Waals surface area (Å²) in [7, 11) is 0. The number of hydrogen-bond acceptors (Lipinski definition) is 6. The number of nitrogen functional groups attached to an aromatic ring is 1. The topological polar surface area (TPSA) is 113 Å². The molecule has 8 nitrogen and oxygen atoms in total. The van der Waals surface area contributed by atoms with Crippen LogP contribution < -0.4 is 21.3 Å². The molecule has 3 aromatic rings. The molecule has 0 bridgehead atoms. The lowest BCUT2D eigenvalue weighted by molar-refractivity contribution is -0.117. The number of nitrogens with two attached hydrogens (primary N) is 1. The Morgan fingerprint density at radius 3 is 2.50 bits per heavy atom. The van der Waals surface area contributed by atoms with Gasteiger partial charge in [-0.15, -0.1) is 10.2 Å². The Morgan fingerprint density at radius 2 is 1.81 bits per heavy atom. The molecule has 0 spiro atoms. The van der Waals surface area contributed by atoms with Crippen LogP contribution in [0.1, 0.15) is 38.8 Å². The Labute approximate surface area is 186 Å². The number of aromatic nitrogens is 2. The SMILES string of the molecule is CC(=O)Nc1cccc(-c2ccc3c(c2)[C@H](Nc2ccc(N)nn2)C[C@H](C)N3C(C)=O)c1. The Morgan fingerprint density at radius 1 is 1.03 bits per heavy atom. The average Bonchev–Trinajstić information content (AvgIpc) is 2.74. The minimum absolute atomic E-state index is 0.00452. The number of carbonyl (C=O) groups is 2. The first-order valence-corrected chi connectivity index (χ1v) is 10.5. The Balaban J connectivity index is 1.75. The Hall–Kier alpha value is -3.94. The van der Waals surface area contributed by atoms with E-state index in [9.17, 15) is 9.59 Å². The van der Waals surface area contributed by atoms with Gasteiger partial charge in [0.1, 0.15) is 11.6 Å². The lowest BCUT2D eigenvalue weighted by Crippen LogP contribution is -2.43. The summed E-state index contributed by atoms with van der Waals surface area (Å²) in [4.78, 5) is 25.7. The largest absolute Gasteiger partial charge is 0.382 e. The number of amides is 2. The number of nitrogens with zero attached hydrogens (tertiary/aromatic N) is 3. The van der Waals surface area contributed by atoms with Crippen LogP contribution in [-0.4, -0.2) is 28.1 Å². The van der Waals surface area contributed by atoms with Gasteiger partial charge in [0, 0.05) is 31.3 Å². The monoisotopic (exact) mass is 430 g/mol. The number of benzene rings is 2. The molecular weight excluding hydrogens is 404 g/mol. The van der Waals surface area contributed by atoms with Gasteiger partial charge in [-0.3, -0.25) is 9.59 Å². The summed E-state index contributed by atoms with van der Waals surface area (Å²) in [6.07, 6.45) is 0.716. The van der Waals surface area contributed by atoms with Crippen molar-refractivity contribution in [2.24, 2.45) is 0 Å². The molecule has 0 saturated carbocycles. The maximum absolute atomic E-state index is 12.4. The molecule has 4 rings (SSSR count). The highest BCUT2D eigenvalue weighted by Crippen LogP contribution is 2.41. The first-order chi connectivity index (χ1) is 15.3. The minimum atomic E-state index is -0.118. The molecule has 8 heteroatoms. The Kier molecular flexibility index (Phi) is 5.77. The predicted octanol–water partition coefficient (Wildman–Crippen LogP) is 3.98. The lowest BCUT2D eigenvalue weighted by Gasteiger charge is -2.39. The third-order valence-electron chi connectivity index (χ3n) is 5.54. The summed E-state index contributed by atoms with van der Waals surface area (Å²) < 4.78 is 0. The Bertz CT molecular complexity index is 1160. The van der Waals surface area contributed by atoms with Crippen molar-refractivity contribution in [3.8, 4) is 11.1 Å². The molecule has 1 aliphatic rings. The van der Waals surface area contributed by atoms with Gasteiger partial charge in [-0.25, -0.2) is 0 Å². The smallest absolute Gasteiger partial charge is 0.224 e. The standard InChI is InChI=1S/C24H26N6O2/c1-14-11-21(27-24-10-9-23(25)28-29-24)20-13-18(7-8-22(20)30(14)16(3)32)17-5-4-6-19(12-17)26-15(2)31/h4-10,12-14,21H,11H2,1-3H3,(H2,25,28)(H,26,31)(H,27,29)/t14-,21+/m0/s1. The van der Waals surface area contributed by atoms with E-state index in [0.29, 0.717) is 18.1 Å². The molecule has 0 saturated heterocycles. The van der Waals surface area contributed by atoms with Gasteiger partial charge in [-0.1, -0.05) is 18.2 Å². The molecule has 0 radical (unpaired) electrons. The fourth-order valence-corrected chi connectivity index (χ4v) is 4.24. The van der Waals surface area contributed by atoms with E-state index in [2.05, 4.69) is 26.9 Å². The maximum Gasteiger partial charge on any atom is 0.224 e. The number of nitrogens with one attached hydrogen (secondary N) is 2. The van der Waals surface area contributed by atoms with Crippen molar-refractivity contribution in [1.29, 1.82) is 0 Å². The molecule has 2 aromatic carbocycles. The number of rotatable bonds is 4. The highest BCUT2D eigenvalue weighted by Gasteiger charge is 2.32. The molecule has 0 unspecified atom stereocenters. The molecule has 2 amide bonds. The molecule has 4 N–H and O–H groups in total. The summed E-state index contributed by atoms with van der Waals surface area (Å²) in [6.45, 7) is 5.11. The van der Waals surface area contributed by atoms with Crippen molar-refractivity contribution in [3.05, 3.63) is 60.2 Å². The van der Waals surface area contributed by atoms with Crippen LogP contribution in [0.4, 0.5) is 23.0 Å². The summed E-state index contributed by atoms with van der Waals surface area (Å²) in [5, 5.41) is 14.3. The molecule has 2 atom stereocenters. The minimum Gasteiger partial charge on any atom is -0.382 e. The zero-order valence-electron chi connectivity index (χ0n) is 18.3. The number of anilines is 4. The second-order valence-corrected chi connectivity index (χ2v) is 8.05. The van der Waals surface area contributed by atoms with Crippen LogP contribution in [0.2, 0.25) is 0 Å². The second-order valence-electron chi connectivity index (χ2n) is 8.05. The summed E-state index contributed by atoms with van der Waals surface area (Å²) >= 11 is 0. The van der Waals surface area contributed by atoms with Crippen molar-refractivity contribution in [1.82, 2.24) is 10.2 Å². The van der Waals surface area contributed by atoms with Crippen LogP contribution in [0.15, 0.2) is 54.6 Å². The van der Waals surface area contributed by atoms with Crippen LogP contribution in [0, 0.1) is 0 Å². The zero-order valence-corrected chi connectivity index (χ0v) is 18.3. The van der Waals surface area contributed by atoms with Gasteiger partial charge < -0.3 is 21.3 Å². The van der Waals surface area contributed by atoms with Gasteiger partial charge in [0.15, 0.2) is 0 Å². The molecular formula is C24H26N6O2. The molecule has 164 valence electrons. The first-order valence-electron chi connectivity index (χ1n) is 10.5. The van der Waals surface area contributed by atoms with E-state index in [1.54, 1.807) is 19.1 Å². The normalized spacial score (nSPS) is 17.4. The van der Waals surface area contributed by atoms with Crippen molar-refractivity contribution in [2.75, 3.05) is 21.3 Å². The van der Waals surface area contributed by atoms with Crippen molar-refractivity contribution < 1.29 is 9.59 Å². The molecule has 0 aliphatic carbocycles. The molecule has 1 aromatic heterocycles. The van der Waals surface area contributed by atoms with E-state index in [1.165, 1.54) is 6.92 Å². The number of fused-ring (bicyclic) bond motifs is 1. The highest BCUT2D eigenvalue weighted by molar-refractivity contribution is 5.94. The van der Waals surface area contributed by atoms with E-state index in [1.807, 2.05) is 48.2 Å². The van der Waals surface area contributed by atoms with Gasteiger partial charge >= 0.3 is 0 Å². The van der Waals surface area contributed by atoms with Gasteiger partial charge in [0.2, 0.25) is 11.8 Å². The molecule has 1 aliphatic heterocycles. The van der Waals surface area contributed by atoms with Gasteiger partial charge in [-0.2, -0.15) is 0 Å². The highest BCUT2D eigenvalue weighted by atomic mass is 16.2. The summed E-state index contributed by atoms with van der Waals surface area (Å²) in [5.41, 5.74) is 10.2. The molecule has 0 fully saturated rings.